The molecule has 0 heterocycles. The van der Waals surface area contributed by atoms with Crippen LogP contribution in [-0.4, -0.2) is 9.69 Å². The highest BCUT2D eigenvalue weighted by atomic mass is 32.2. The SMILES string of the molecule is Cc1c(O)cccc1CC(S)S. The van der Waals surface area contributed by atoms with Crippen molar-refractivity contribution in [3.8, 4) is 5.75 Å². The fourth-order valence-electron chi connectivity index (χ4n) is 1.09. The summed E-state index contributed by atoms with van der Waals surface area (Å²) < 4.78 is 0.0329. The number of hydrogen-bond acceptors (Lipinski definition) is 3. The van der Waals surface area contributed by atoms with Crippen LogP contribution in [0.2, 0.25) is 0 Å². The van der Waals surface area contributed by atoms with E-state index in [1.165, 1.54) is 0 Å². The van der Waals surface area contributed by atoms with Crippen LogP contribution in [0.1, 0.15) is 11.1 Å². The summed E-state index contributed by atoms with van der Waals surface area (Å²) in [6.07, 6.45) is 0.770. The Kier molecular flexibility index (Phi) is 3.35. The molecule has 1 aromatic carbocycles. The van der Waals surface area contributed by atoms with Crippen LogP contribution >= 0.6 is 25.3 Å². The van der Waals surface area contributed by atoms with Crippen molar-refractivity contribution in [3.63, 3.8) is 0 Å². The lowest BCUT2D eigenvalue weighted by atomic mass is 10.1. The molecule has 0 amide bonds. The standard InChI is InChI=1S/C9H12OS2/c1-6-7(5-9(11)12)3-2-4-8(6)10/h2-4,9-12H,5H2,1H3. The van der Waals surface area contributed by atoms with Crippen LogP contribution in [0.4, 0.5) is 0 Å². The minimum absolute atomic E-state index is 0.0329. The first-order valence-electron chi connectivity index (χ1n) is 3.75. The molecule has 0 bridgehead atoms. The molecular weight excluding hydrogens is 188 g/mol. The van der Waals surface area contributed by atoms with E-state index in [9.17, 15) is 5.11 Å². The highest BCUT2D eigenvalue weighted by Crippen LogP contribution is 2.22. The van der Waals surface area contributed by atoms with Crippen LogP contribution in [0.5, 0.6) is 5.75 Å². The molecule has 0 fully saturated rings. The Morgan fingerprint density at radius 2 is 2.08 bits per heavy atom. The molecule has 1 aromatic rings. The average molecular weight is 200 g/mol. The summed E-state index contributed by atoms with van der Waals surface area (Å²) in [5.41, 5.74) is 2.02. The second-order valence-corrected chi connectivity index (χ2v) is 4.40. The predicted molar refractivity (Wildman–Crippen MR) is 58.3 cm³/mol. The van der Waals surface area contributed by atoms with Gasteiger partial charge in [0.2, 0.25) is 0 Å². The minimum atomic E-state index is 0.0329. The van der Waals surface area contributed by atoms with Gasteiger partial charge in [-0.25, -0.2) is 0 Å². The van der Waals surface area contributed by atoms with E-state index in [-0.39, 0.29) is 4.58 Å². The number of thiol groups is 2. The molecule has 0 saturated heterocycles. The second kappa shape index (κ2) is 4.10. The molecule has 0 aliphatic rings. The van der Waals surface area contributed by atoms with Crippen molar-refractivity contribution in [2.75, 3.05) is 0 Å². The monoisotopic (exact) mass is 200 g/mol. The van der Waals surface area contributed by atoms with Gasteiger partial charge in [0.15, 0.2) is 0 Å². The Bertz CT molecular complexity index is 271. The number of phenols is 1. The molecule has 12 heavy (non-hydrogen) atoms. The van der Waals surface area contributed by atoms with Crippen molar-refractivity contribution in [2.45, 2.75) is 17.9 Å². The van der Waals surface area contributed by atoms with Gasteiger partial charge in [0.25, 0.3) is 0 Å². The quantitative estimate of drug-likeness (QED) is 0.495. The molecule has 0 spiro atoms. The van der Waals surface area contributed by atoms with Gasteiger partial charge in [-0.05, 0) is 30.5 Å². The molecule has 0 radical (unpaired) electrons. The summed E-state index contributed by atoms with van der Waals surface area (Å²) in [6, 6.07) is 5.50. The van der Waals surface area contributed by atoms with Crippen LogP contribution in [0.15, 0.2) is 18.2 Å². The minimum Gasteiger partial charge on any atom is -0.508 e. The molecule has 0 unspecified atom stereocenters. The van der Waals surface area contributed by atoms with Crippen LogP contribution in [-0.2, 0) is 6.42 Å². The van der Waals surface area contributed by atoms with Crippen molar-refractivity contribution in [2.24, 2.45) is 0 Å². The number of benzene rings is 1. The number of rotatable bonds is 2. The van der Waals surface area contributed by atoms with Crippen LogP contribution in [0.25, 0.3) is 0 Å². The third-order valence-corrected chi connectivity index (χ3v) is 2.19. The Morgan fingerprint density at radius 1 is 1.42 bits per heavy atom. The lowest BCUT2D eigenvalue weighted by Gasteiger charge is -2.08. The topological polar surface area (TPSA) is 20.2 Å². The van der Waals surface area contributed by atoms with E-state index in [0.717, 1.165) is 17.5 Å². The van der Waals surface area contributed by atoms with Crippen LogP contribution in [0, 0.1) is 6.92 Å². The fraction of sp³-hybridized carbons (Fsp3) is 0.333. The number of hydrogen-bond donors (Lipinski definition) is 3. The van der Waals surface area contributed by atoms with E-state index in [1.54, 1.807) is 6.07 Å². The van der Waals surface area contributed by atoms with E-state index in [0.29, 0.717) is 5.75 Å². The molecule has 0 aliphatic carbocycles. The van der Waals surface area contributed by atoms with Crippen LogP contribution < -0.4 is 0 Å². The highest BCUT2D eigenvalue weighted by molar-refractivity contribution is 7.99. The Labute approximate surface area is 83.6 Å². The predicted octanol–water partition coefficient (Wildman–Crippen LogP) is 2.43. The number of aromatic hydroxyl groups is 1. The summed E-state index contributed by atoms with van der Waals surface area (Å²) in [4.78, 5) is 0. The fourth-order valence-corrected chi connectivity index (χ4v) is 1.48. The first kappa shape index (κ1) is 9.81. The normalized spacial score (nSPS) is 10.7. The van der Waals surface area contributed by atoms with E-state index in [4.69, 9.17) is 0 Å². The van der Waals surface area contributed by atoms with Gasteiger partial charge in [-0.1, -0.05) is 12.1 Å². The first-order valence-corrected chi connectivity index (χ1v) is 4.78. The van der Waals surface area contributed by atoms with Gasteiger partial charge in [0, 0.05) is 4.58 Å². The summed E-state index contributed by atoms with van der Waals surface area (Å²) in [6.45, 7) is 1.90. The van der Waals surface area contributed by atoms with Crippen molar-refractivity contribution in [3.05, 3.63) is 29.3 Å². The van der Waals surface area contributed by atoms with Gasteiger partial charge in [0.1, 0.15) is 5.75 Å². The summed E-state index contributed by atoms with van der Waals surface area (Å²) in [5, 5.41) is 9.36. The third-order valence-electron chi connectivity index (χ3n) is 1.82. The molecule has 0 aromatic heterocycles. The molecule has 0 saturated carbocycles. The third kappa shape index (κ3) is 2.35. The van der Waals surface area contributed by atoms with E-state index in [1.807, 2.05) is 19.1 Å². The zero-order valence-corrected chi connectivity index (χ0v) is 8.65. The zero-order valence-electron chi connectivity index (χ0n) is 6.86. The van der Waals surface area contributed by atoms with Crippen molar-refractivity contribution in [1.29, 1.82) is 0 Å². The average Bonchev–Trinajstić information content (AvgIpc) is 1.98. The molecule has 1 N–H and O–H groups in total. The maximum atomic E-state index is 9.36. The summed E-state index contributed by atoms with van der Waals surface area (Å²) in [7, 11) is 0. The lowest BCUT2D eigenvalue weighted by molar-refractivity contribution is 0.470. The van der Waals surface area contributed by atoms with Crippen molar-refractivity contribution < 1.29 is 5.11 Å². The van der Waals surface area contributed by atoms with Gasteiger partial charge >= 0.3 is 0 Å². The Hall–Kier alpha value is -0.280. The van der Waals surface area contributed by atoms with E-state index in [2.05, 4.69) is 25.3 Å². The largest absolute Gasteiger partial charge is 0.508 e. The first-order chi connectivity index (χ1) is 5.61. The van der Waals surface area contributed by atoms with E-state index < -0.39 is 0 Å². The van der Waals surface area contributed by atoms with Gasteiger partial charge in [-0.15, -0.1) is 0 Å². The molecule has 3 heteroatoms. The summed E-state index contributed by atoms with van der Waals surface area (Å²) in [5.74, 6) is 0.342. The molecule has 66 valence electrons. The highest BCUT2D eigenvalue weighted by Gasteiger charge is 2.04. The smallest absolute Gasteiger partial charge is 0.118 e. The van der Waals surface area contributed by atoms with Gasteiger partial charge in [-0.3, -0.25) is 0 Å². The summed E-state index contributed by atoms with van der Waals surface area (Å²) >= 11 is 8.35. The van der Waals surface area contributed by atoms with Gasteiger partial charge in [-0.2, -0.15) is 25.3 Å². The maximum Gasteiger partial charge on any atom is 0.118 e. The van der Waals surface area contributed by atoms with Crippen molar-refractivity contribution in [1.82, 2.24) is 0 Å². The van der Waals surface area contributed by atoms with Crippen LogP contribution in [0.3, 0.4) is 0 Å². The Balaban J connectivity index is 2.92. The number of phenolic OH excluding ortho intramolecular Hbond substituents is 1. The molecule has 0 atom stereocenters. The zero-order chi connectivity index (χ0) is 9.14. The molecule has 1 rings (SSSR count). The second-order valence-electron chi connectivity index (χ2n) is 2.75. The van der Waals surface area contributed by atoms with Gasteiger partial charge in [0.05, 0.1) is 0 Å². The Morgan fingerprint density at radius 3 is 2.67 bits per heavy atom. The van der Waals surface area contributed by atoms with Gasteiger partial charge < -0.3 is 5.11 Å². The van der Waals surface area contributed by atoms with E-state index >= 15 is 0 Å². The maximum absolute atomic E-state index is 9.36. The lowest BCUT2D eigenvalue weighted by Crippen LogP contribution is -1.96. The molecule has 0 aliphatic heterocycles. The molecular formula is C9H12OS2. The van der Waals surface area contributed by atoms with Crippen molar-refractivity contribution >= 4 is 25.3 Å². The molecule has 1 nitrogen and oxygen atoms in total.